The second-order valence-electron chi connectivity index (χ2n) is 7.37. The number of ether oxygens (including phenoxy) is 1. The van der Waals surface area contributed by atoms with Crippen molar-refractivity contribution in [1.29, 1.82) is 0 Å². The highest BCUT2D eigenvalue weighted by atomic mass is 35.5. The second kappa shape index (κ2) is 8.95. The van der Waals surface area contributed by atoms with E-state index in [1.807, 2.05) is 0 Å². The third-order valence-corrected chi connectivity index (χ3v) is 5.82. The van der Waals surface area contributed by atoms with Gasteiger partial charge in [0, 0.05) is 23.0 Å². The van der Waals surface area contributed by atoms with Gasteiger partial charge in [-0.1, -0.05) is 29.5 Å². The smallest absolute Gasteiger partial charge is 0.295 e. The number of carbonyl (C=O) groups excluding carboxylic acids is 2. The number of pyridine rings is 1. The molecule has 1 N–H and O–H groups in total. The summed E-state index contributed by atoms with van der Waals surface area (Å²) in [6, 6.07) is 9.08. The number of ketones is 1. The average Bonchev–Trinajstić information content (AvgIpc) is 3.04. The molecule has 2 aliphatic heterocycles. The van der Waals surface area contributed by atoms with E-state index in [2.05, 4.69) is 4.98 Å². The lowest BCUT2D eigenvalue weighted by Gasteiger charge is -2.30. The summed E-state index contributed by atoms with van der Waals surface area (Å²) in [5, 5.41) is 13.7. The van der Waals surface area contributed by atoms with Crippen LogP contribution in [-0.2, 0) is 14.3 Å². The molecule has 0 aliphatic carbocycles. The Kier molecular flexibility index (Phi) is 6.13. The lowest BCUT2D eigenvalue weighted by Crippen LogP contribution is -3.14. The molecule has 0 saturated carbocycles. The minimum Gasteiger partial charge on any atom is -0.872 e. The van der Waals surface area contributed by atoms with Crippen LogP contribution in [0.15, 0.2) is 54.4 Å². The highest BCUT2D eigenvalue weighted by Crippen LogP contribution is 2.38. The number of benzene rings is 1. The third-order valence-electron chi connectivity index (χ3n) is 5.56. The van der Waals surface area contributed by atoms with Gasteiger partial charge < -0.3 is 19.6 Å². The van der Waals surface area contributed by atoms with Crippen LogP contribution in [0.1, 0.15) is 17.2 Å². The van der Waals surface area contributed by atoms with Gasteiger partial charge in [0.2, 0.25) is 5.78 Å². The van der Waals surface area contributed by atoms with Crippen LogP contribution in [0.2, 0.25) is 5.02 Å². The van der Waals surface area contributed by atoms with E-state index in [1.54, 1.807) is 48.8 Å². The Morgan fingerprint density at radius 3 is 2.47 bits per heavy atom. The molecule has 30 heavy (non-hydrogen) atoms. The van der Waals surface area contributed by atoms with Gasteiger partial charge >= 0.3 is 0 Å². The minimum absolute atomic E-state index is 0.0227. The summed E-state index contributed by atoms with van der Waals surface area (Å²) < 4.78 is 5.39. The van der Waals surface area contributed by atoms with E-state index in [-0.39, 0.29) is 5.57 Å². The molecule has 8 heteroatoms. The number of rotatable bonds is 5. The molecule has 2 fully saturated rings. The van der Waals surface area contributed by atoms with Crippen LogP contribution < -0.4 is 10.0 Å². The Morgan fingerprint density at radius 2 is 1.80 bits per heavy atom. The van der Waals surface area contributed by atoms with Gasteiger partial charge in [-0.05, 0) is 35.4 Å². The fraction of sp³-hybridized carbons (Fsp3) is 0.318. The number of carbonyl (C=O) groups is 2. The maximum absolute atomic E-state index is 13.2. The van der Waals surface area contributed by atoms with Gasteiger partial charge in [-0.3, -0.25) is 14.6 Å². The number of amides is 1. The predicted octanol–water partition coefficient (Wildman–Crippen LogP) is -0.126. The first-order chi connectivity index (χ1) is 14.6. The highest BCUT2D eigenvalue weighted by molar-refractivity contribution is 6.46. The van der Waals surface area contributed by atoms with Crippen LogP contribution in [0.5, 0.6) is 0 Å². The summed E-state index contributed by atoms with van der Waals surface area (Å²) in [5.74, 6) is -1.83. The molecule has 156 valence electrons. The van der Waals surface area contributed by atoms with Crippen LogP contribution in [0.3, 0.4) is 0 Å². The number of likely N-dealkylation sites (tertiary alicyclic amines) is 1. The SMILES string of the molecule is O=C1C(=O)N(CC[NH+]2CCOCC2)C(c2ccncc2)C1=C([O-])c1ccc(Cl)cc1. The number of hydrogen-bond acceptors (Lipinski definition) is 5. The van der Waals surface area contributed by atoms with Crippen molar-refractivity contribution >= 4 is 29.1 Å². The Balaban J connectivity index is 1.71. The Labute approximate surface area is 179 Å². The summed E-state index contributed by atoms with van der Waals surface area (Å²) in [4.78, 5) is 32.7. The lowest BCUT2D eigenvalue weighted by atomic mass is 9.96. The molecule has 1 atom stereocenters. The zero-order valence-electron chi connectivity index (χ0n) is 16.3. The first kappa shape index (κ1) is 20.5. The van der Waals surface area contributed by atoms with Crippen molar-refractivity contribution in [1.82, 2.24) is 9.88 Å². The largest absolute Gasteiger partial charge is 0.872 e. The molecular formula is C22H22ClN3O4. The molecule has 4 rings (SSSR count). The van der Waals surface area contributed by atoms with Crippen molar-refractivity contribution in [3.05, 3.63) is 70.5 Å². The van der Waals surface area contributed by atoms with E-state index in [0.29, 0.717) is 42.5 Å². The number of Topliss-reactive ketones (excluding diaryl/α,β-unsaturated/α-hetero) is 1. The fourth-order valence-electron chi connectivity index (χ4n) is 3.94. The minimum atomic E-state index is -0.742. The van der Waals surface area contributed by atoms with Crippen LogP contribution in [0, 0.1) is 0 Å². The quantitative estimate of drug-likeness (QED) is 0.408. The molecule has 1 aromatic carbocycles. The molecule has 0 spiro atoms. The van der Waals surface area contributed by atoms with E-state index in [9.17, 15) is 14.7 Å². The summed E-state index contributed by atoms with van der Waals surface area (Å²) in [5.41, 5.74) is 0.999. The van der Waals surface area contributed by atoms with E-state index >= 15 is 0 Å². The van der Waals surface area contributed by atoms with Gasteiger partial charge in [-0.25, -0.2) is 0 Å². The van der Waals surface area contributed by atoms with Crippen molar-refractivity contribution in [3.8, 4) is 0 Å². The molecule has 1 unspecified atom stereocenters. The monoisotopic (exact) mass is 427 g/mol. The van der Waals surface area contributed by atoms with Crippen LogP contribution >= 0.6 is 11.6 Å². The maximum Gasteiger partial charge on any atom is 0.295 e. The van der Waals surface area contributed by atoms with Crippen molar-refractivity contribution < 1.29 is 24.3 Å². The van der Waals surface area contributed by atoms with Crippen molar-refractivity contribution in [3.63, 3.8) is 0 Å². The maximum atomic E-state index is 13.2. The molecule has 7 nitrogen and oxygen atoms in total. The molecule has 2 aromatic rings. The summed E-state index contributed by atoms with van der Waals surface area (Å²) in [6.07, 6.45) is 3.19. The van der Waals surface area contributed by atoms with Crippen LogP contribution in [0.25, 0.3) is 5.76 Å². The lowest BCUT2D eigenvalue weighted by molar-refractivity contribution is -0.907. The molecule has 2 saturated heterocycles. The molecule has 1 amide bonds. The fourth-order valence-corrected chi connectivity index (χ4v) is 4.06. The molecule has 3 heterocycles. The predicted molar refractivity (Wildman–Crippen MR) is 108 cm³/mol. The van der Waals surface area contributed by atoms with Gasteiger partial charge in [-0.15, -0.1) is 0 Å². The van der Waals surface area contributed by atoms with Gasteiger partial charge in [0.1, 0.15) is 13.1 Å². The number of morpholine rings is 1. The number of nitrogens with zero attached hydrogens (tertiary/aromatic N) is 2. The topological polar surface area (TPSA) is 87.0 Å². The number of quaternary nitrogens is 1. The highest BCUT2D eigenvalue weighted by Gasteiger charge is 2.44. The third kappa shape index (κ3) is 4.09. The Hall–Kier alpha value is -2.74. The van der Waals surface area contributed by atoms with Crippen LogP contribution in [-0.4, -0.2) is 61.0 Å². The zero-order valence-corrected chi connectivity index (χ0v) is 17.1. The standard InChI is InChI=1S/C22H22ClN3O4/c23-17-3-1-16(2-4-17)20(27)18-19(15-5-7-24-8-6-15)26(22(29)21(18)28)10-9-25-11-13-30-14-12-25/h1-8,19,27H,9-14H2. The normalized spacial score (nSPS) is 21.9. The molecule has 0 radical (unpaired) electrons. The van der Waals surface area contributed by atoms with Gasteiger partial charge in [0.15, 0.2) is 0 Å². The summed E-state index contributed by atoms with van der Waals surface area (Å²) in [6.45, 7) is 4.15. The Bertz CT molecular complexity index is 956. The van der Waals surface area contributed by atoms with Crippen molar-refractivity contribution in [2.24, 2.45) is 0 Å². The number of aromatic nitrogens is 1. The zero-order chi connectivity index (χ0) is 21.1. The van der Waals surface area contributed by atoms with E-state index < -0.39 is 23.5 Å². The van der Waals surface area contributed by atoms with Crippen LogP contribution in [0.4, 0.5) is 0 Å². The van der Waals surface area contributed by atoms with Crippen molar-refractivity contribution in [2.45, 2.75) is 6.04 Å². The number of hydrogen-bond donors (Lipinski definition) is 1. The Morgan fingerprint density at radius 1 is 1.13 bits per heavy atom. The second-order valence-corrected chi connectivity index (χ2v) is 7.81. The van der Waals surface area contributed by atoms with E-state index in [1.165, 1.54) is 9.80 Å². The summed E-state index contributed by atoms with van der Waals surface area (Å²) >= 11 is 5.93. The van der Waals surface area contributed by atoms with Gasteiger partial charge in [-0.2, -0.15) is 0 Å². The first-order valence-corrected chi connectivity index (χ1v) is 10.3. The van der Waals surface area contributed by atoms with Crippen molar-refractivity contribution in [2.75, 3.05) is 39.4 Å². The van der Waals surface area contributed by atoms with Gasteiger partial charge in [0.25, 0.3) is 5.91 Å². The van der Waals surface area contributed by atoms with Gasteiger partial charge in [0.05, 0.1) is 32.3 Å². The summed E-state index contributed by atoms with van der Waals surface area (Å²) in [7, 11) is 0. The number of nitrogens with one attached hydrogen (secondary N) is 1. The molecule has 0 bridgehead atoms. The number of halogens is 1. The average molecular weight is 428 g/mol. The van der Waals surface area contributed by atoms with E-state index in [0.717, 1.165) is 13.1 Å². The molecular weight excluding hydrogens is 406 g/mol. The molecule has 2 aliphatic rings. The van der Waals surface area contributed by atoms with E-state index in [4.69, 9.17) is 16.3 Å². The molecule has 1 aromatic heterocycles. The first-order valence-electron chi connectivity index (χ1n) is 9.90.